The van der Waals surface area contributed by atoms with E-state index in [1.807, 2.05) is 51.1 Å². The second-order valence-electron chi connectivity index (χ2n) is 8.13. The Morgan fingerprint density at radius 3 is 2.60 bits per heavy atom. The van der Waals surface area contributed by atoms with Crippen molar-refractivity contribution in [2.75, 3.05) is 6.54 Å². The Labute approximate surface area is 177 Å². The van der Waals surface area contributed by atoms with Crippen LogP contribution in [0.2, 0.25) is 0 Å². The molecule has 0 spiro atoms. The molecule has 2 aromatic carbocycles. The van der Waals surface area contributed by atoms with Crippen LogP contribution < -0.4 is 5.32 Å². The molecular weight excluding hydrogens is 383 g/mol. The zero-order valence-electron chi connectivity index (χ0n) is 17.7. The smallest absolute Gasteiger partial charge is 0.410 e. The molecule has 160 valence electrons. The van der Waals surface area contributed by atoms with E-state index in [4.69, 9.17) is 4.74 Å². The van der Waals surface area contributed by atoms with Gasteiger partial charge >= 0.3 is 6.09 Å². The highest BCUT2D eigenvalue weighted by Gasteiger charge is 2.35. The molecule has 30 heavy (non-hydrogen) atoms. The van der Waals surface area contributed by atoms with Crippen LogP contribution in [0.3, 0.4) is 0 Å². The van der Waals surface area contributed by atoms with Gasteiger partial charge in [0.1, 0.15) is 12.4 Å². The van der Waals surface area contributed by atoms with Crippen LogP contribution in [-0.2, 0) is 16.1 Å². The van der Waals surface area contributed by atoms with Crippen molar-refractivity contribution in [3.8, 4) is 0 Å². The van der Waals surface area contributed by atoms with Crippen molar-refractivity contribution in [1.29, 1.82) is 0 Å². The van der Waals surface area contributed by atoms with Crippen molar-refractivity contribution >= 4 is 12.0 Å². The maximum Gasteiger partial charge on any atom is 0.410 e. The van der Waals surface area contributed by atoms with Gasteiger partial charge in [-0.1, -0.05) is 50.2 Å². The van der Waals surface area contributed by atoms with Crippen LogP contribution in [0.5, 0.6) is 0 Å². The number of amides is 2. The number of hydrogen-bond acceptors (Lipinski definition) is 3. The molecule has 0 saturated carbocycles. The Bertz CT molecular complexity index is 885. The van der Waals surface area contributed by atoms with Gasteiger partial charge in [-0.05, 0) is 48.6 Å². The average Bonchev–Trinajstić information content (AvgIpc) is 2.72. The lowest BCUT2D eigenvalue weighted by atomic mass is 9.89. The minimum Gasteiger partial charge on any atom is -0.445 e. The molecule has 0 aromatic heterocycles. The minimum absolute atomic E-state index is 0.00492. The number of piperidine rings is 1. The van der Waals surface area contributed by atoms with Gasteiger partial charge in [-0.2, -0.15) is 0 Å². The van der Waals surface area contributed by atoms with Crippen LogP contribution in [0, 0.1) is 18.7 Å². The van der Waals surface area contributed by atoms with Crippen LogP contribution in [-0.4, -0.2) is 29.5 Å². The Hall–Kier alpha value is -2.89. The Kier molecular flexibility index (Phi) is 7.08. The zero-order chi connectivity index (χ0) is 21.7. The van der Waals surface area contributed by atoms with E-state index in [0.29, 0.717) is 19.4 Å². The minimum atomic E-state index is -0.402. The molecule has 1 heterocycles. The summed E-state index contributed by atoms with van der Waals surface area (Å²) in [5.74, 6) is -0.422. The van der Waals surface area contributed by atoms with Gasteiger partial charge in [0.2, 0.25) is 5.91 Å². The molecule has 2 amide bonds. The van der Waals surface area contributed by atoms with E-state index in [1.165, 1.54) is 12.1 Å². The number of halogens is 1. The molecule has 0 bridgehead atoms. The lowest BCUT2D eigenvalue weighted by Gasteiger charge is -2.40. The molecule has 2 aromatic rings. The summed E-state index contributed by atoms with van der Waals surface area (Å²) in [6, 6.07) is 13.8. The molecule has 0 radical (unpaired) electrons. The van der Waals surface area contributed by atoms with Crippen molar-refractivity contribution in [2.45, 2.75) is 52.3 Å². The normalized spacial score (nSPS) is 18.9. The number of nitrogens with zero attached hydrogens (tertiary/aromatic N) is 1. The van der Waals surface area contributed by atoms with Gasteiger partial charge in [-0.3, -0.25) is 4.79 Å². The summed E-state index contributed by atoms with van der Waals surface area (Å²) in [4.78, 5) is 26.8. The molecule has 1 saturated heterocycles. The quantitative estimate of drug-likeness (QED) is 0.771. The summed E-state index contributed by atoms with van der Waals surface area (Å²) in [5.41, 5.74) is 2.56. The van der Waals surface area contributed by atoms with E-state index < -0.39 is 6.09 Å². The summed E-state index contributed by atoms with van der Waals surface area (Å²) >= 11 is 0. The first kappa shape index (κ1) is 21.8. The van der Waals surface area contributed by atoms with Gasteiger partial charge in [-0.15, -0.1) is 0 Å². The number of aryl methyl sites for hydroxylation is 1. The third kappa shape index (κ3) is 5.38. The Balaban J connectivity index is 1.78. The van der Waals surface area contributed by atoms with E-state index in [1.54, 1.807) is 11.0 Å². The molecule has 1 aliphatic rings. The SMILES string of the molecule is Cc1cc(F)ccc1[C@@H]1C[C@@H](NC(=O)C(C)C)CCN1C(=O)OCc1ccccc1. The lowest BCUT2D eigenvalue weighted by molar-refractivity contribution is -0.125. The summed E-state index contributed by atoms with van der Waals surface area (Å²) in [7, 11) is 0. The van der Waals surface area contributed by atoms with E-state index in [2.05, 4.69) is 5.32 Å². The second kappa shape index (κ2) is 9.74. The standard InChI is InChI=1S/C24H29FN2O3/c1-16(2)23(28)26-20-11-12-27(24(29)30-15-18-7-5-4-6-8-18)22(14-20)21-10-9-19(25)13-17(21)3/h4-10,13,16,20,22H,11-12,14-15H2,1-3H3,(H,26,28)/t20-,22-/m0/s1. The maximum atomic E-state index is 13.7. The number of carbonyl (C=O) groups is 2. The Morgan fingerprint density at radius 2 is 1.93 bits per heavy atom. The van der Waals surface area contributed by atoms with Gasteiger partial charge in [0.25, 0.3) is 0 Å². The number of nitrogens with one attached hydrogen (secondary N) is 1. The Morgan fingerprint density at radius 1 is 1.20 bits per heavy atom. The lowest BCUT2D eigenvalue weighted by Crippen LogP contribution is -2.49. The van der Waals surface area contributed by atoms with E-state index >= 15 is 0 Å². The monoisotopic (exact) mass is 412 g/mol. The number of benzene rings is 2. The molecule has 1 fully saturated rings. The van der Waals surface area contributed by atoms with Crippen LogP contribution >= 0.6 is 0 Å². The highest BCUT2D eigenvalue weighted by molar-refractivity contribution is 5.78. The largest absolute Gasteiger partial charge is 0.445 e. The first-order valence-corrected chi connectivity index (χ1v) is 10.4. The van der Waals surface area contributed by atoms with Crippen molar-refractivity contribution in [3.05, 3.63) is 71.0 Å². The summed E-state index contributed by atoms with van der Waals surface area (Å²) in [6.45, 7) is 6.19. The molecule has 1 aliphatic heterocycles. The maximum absolute atomic E-state index is 13.7. The third-order valence-electron chi connectivity index (χ3n) is 5.50. The van der Waals surface area contributed by atoms with Crippen LogP contribution in [0.15, 0.2) is 48.5 Å². The molecule has 6 heteroatoms. The molecule has 5 nitrogen and oxygen atoms in total. The van der Waals surface area contributed by atoms with Crippen molar-refractivity contribution < 1.29 is 18.7 Å². The predicted molar refractivity (Wildman–Crippen MR) is 113 cm³/mol. The average molecular weight is 413 g/mol. The first-order valence-electron chi connectivity index (χ1n) is 10.4. The van der Waals surface area contributed by atoms with Gasteiger partial charge in [0.05, 0.1) is 6.04 Å². The van der Waals surface area contributed by atoms with Crippen LogP contribution in [0.25, 0.3) is 0 Å². The first-order chi connectivity index (χ1) is 14.3. The van der Waals surface area contributed by atoms with Crippen molar-refractivity contribution in [2.24, 2.45) is 5.92 Å². The third-order valence-corrected chi connectivity index (χ3v) is 5.50. The number of carbonyl (C=O) groups excluding carboxylic acids is 2. The molecular formula is C24H29FN2O3. The van der Waals surface area contributed by atoms with E-state index in [-0.39, 0.29) is 36.3 Å². The summed E-state index contributed by atoms with van der Waals surface area (Å²) in [5, 5.41) is 3.07. The fraction of sp³-hybridized carbons (Fsp3) is 0.417. The van der Waals surface area contributed by atoms with E-state index in [9.17, 15) is 14.0 Å². The number of likely N-dealkylation sites (tertiary alicyclic amines) is 1. The van der Waals surface area contributed by atoms with Gasteiger partial charge < -0.3 is 15.0 Å². The van der Waals surface area contributed by atoms with Crippen molar-refractivity contribution in [3.63, 3.8) is 0 Å². The fourth-order valence-electron chi connectivity index (χ4n) is 3.79. The van der Waals surface area contributed by atoms with Crippen molar-refractivity contribution in [1.82, 2.24) is 10.2 Å². The summed E-state index contributed by atoms with van der Waals surface area (Å²) < 4.78 is 19.2. The number of rotatable bonds is 5. The van der Waals surface area contributed by atoms with Crippen LogP contribution in [0.4, 0.5) is 9.18 Å². The molecule has 0 aliphatic carbocycles. The fourth-order valence-corrected chi connectivity index (χ4v) is 3.79. The highest BCUT2D eigenvalue weighted by Crippen LogP contribution is 2.34. The number of hydrogen-bond donors (Lipinski definition) is 1. The molecule has 3 rings (SSSR count). The second-order valence-corrected chi connectivity index (χ2v) is 8.13. The molecule has 0 unspecified atom stereocenters. The molecule has 2 atom stereocenters. The topological polar surface area (TPSA) is 58.6 Å². The van der Waals surface area contributed by atoms with E-state index in [0.717, 1.165) is 16.7 Å². The summed E-state index contributed by atoms with van der Waals surface area (Å²) in [6.07, 6.45) is 0.808. The van der Waals surface area contributed by atoms with Gasteiger partial charge in [-0.25, -0.2) is 9.18 Å². The van der Waals surface area contributed by atoms with Gasteiger partial charge in [0, 0.05) is 18.5 Å². The van der Waals surface area contributed by atoms with Gasteiger partial charge in [0.15, 0.2) is 0 Å². The predicted octanol–water partition coefficient (Wildman–Crippen LogP) is 4.75. The van der Waals surface area contributed by atoms with Crippen LogP contribution in [0.1, 0.15) is 49.4 Å². The zero-order valence-corrected chi connectivity index (χ0v) is 17.7. The number of ether oxygens (including phenoxy) is 1. The highest BCUT2D eigenvalue weighted by atomic mass is 19.1. The molecule has 1 N–H and O–H groups in total.